The molecular weight excluding hydrogens is 519 g/mol. The molecule has 1 aliphatic heterocycles. The van der Waals surface area contributed by atoms with Crippen LogP contribution in [0.5, 0.6) is 11.5 Å². The van der Waals surface area contributed by atoms with Crippen LogP contribution in [0.15, 0.2) is 23.2 Å². The van der Waals surface area contributed by atoms with Gasteiger partial charge in [0.25, 0.3) is 0 Å². The fourth-order valence-electron chi connectivity index (χ4n) is 2.79. The number of guanidine groups is 1. The van der Waals surface area contributed by atoms with E-state index in [4.69, 9.17) is 14.2 Å². The molecular formula is C20H27IN4O4S. The van der Waals surface area contributed by atoms with E-state index in [1.54, 1.807) is 6.92 Å². The van der Waals surface area contributed by atoms with E-state index in [0.717, 1.165) is 28.6 Å². The number of nitrogens with one attached hydrogen (secondary N) is 2. The van der Waals surface area contributed by atoms with Gasteiger partial charge in [-0.15, -0.1) is 35.3 Å². The summed E-state index contributed by atoms with van der Waals surface area (Å²) in [6.07, 6.45) is 0. The number of esters is 1. The molecule has 2 N–H and O–H groups in total. The molecule has 2 heterocycles. The maximum atomic E-state index is 12.0. The van der Waals surface area contributed by atoms with E-state index in [0.29, 0.717) is 29.7 Å². The van der Waals surface area contributed by atoms with Crippen molar-refractivity contribution in [2.24, 2.45) is 4.99 Å². The third-order valence-corrected chi connectivity index (χ3v) is 5.52. The Hall–Kier alpha value is -2.08. The number of ether oxygens (including phenoxy) is 3. The second kappa shape index (κ2) is 11.3. The zero-order chi connectivity index (χ0) is 20.8. The van der Waals surface area contributed by atoms with E-state index in [1.165, 1.54) is 11.3 Å². The molecule has 3 rings (SSSR count). The highest BCUT2D eigenvalue weighted by Crippen LogP contribution is 2.32. The number of thiazole rings is 1. The molecule has 1 unspecified atom stereocenters. The van der Waals surface area contributed by atoms with Crippen LogP contribution in [0.1, 0.15) is 52.7 Å². The highest BCUT2D eigenvalue weighted by atomic mass is 127. The Morgan fingerprint density at radius 2 is 2.10 bits per heavy atom. The summed E-state index contributed by atoms with van der Waals surface area (Å²) in [4.78, 5) is 21.8. The molecule has 1 atom stereocenters. The van der Waals surface area contributed by atoms with Gasteiger partial charge in [0, 0.05) is 6.54 Å². The number of fused-ring (bicyclic) bond motifs is 1. The maximum absolute atomic E-state index is 12.0. The predicted octanol–water partition coefficient (Wildman–Crippen LogP) is 3.79. The summed E-state index contributed by atoms with van der Waals surface area (Å²) in [5.74, 6) is 1.84. The summed E-state index contributed by atoms with van der Waals surface area (Å²) < 4.78 is 15.9. The van der Waals surface area contributed by atoms with Gasteiger partial charge in [0.2, 0.25) is 6.79 Å². The van der Waals surface area contributed by atoms with Crippen molar-refractivity contribution >= 4 is 47.2 Å². The predicted molar refractivity (Wildman–Crippen MR) is 127 cm³/mol. The number of benzene rings is 1. The van der Waals surface area contributed by atoms with Gasteiger partial charge in [-0.25, -0.2) is 14.8 Å². The standard InChI is InChI=1S/C20H26N4O4S.HI/c1-5-21-20(22-10-14-7-8-15-16(9-14)28-11-27-15)24-13(4)18-23-12(3)17(29-18)19(25)26-6-2;/h7-9,13H,5-6,10-11H2,1-4H3,(H2,21,22,24);1H. The van der Waals surface area contributed by atoms with Crippen LogP contribution in [0.4, 0.5) is 0 Å². The third kappa shape index (κ3) is 5.97. The van der Waals surface area contributed by atoms with Crippen molar-refractivity contribution in [2.45, 2.75) is 40.3 Å². The van der Waals surface area contributed by atoms with Gasteiger partial charge >= 0.3 is 5.97 Å². The molecule has 2 aromatic rings. The van der Waals surface area contributed by atoms with Crippen LogP contribution < -0.4 is 20.1 Å². The van der Waals surface area contributed by atoms with E-state index in [2.05, 4.69) is 20.6 Å². The van der Waals surface area contributed by atoms with Gasteiger partial charge in [-0.05, 0) is 45.4 Å². The first-order chi connectivity index (χ1) is 14.0. The quantitative estimate of drug-likeness (QED) is 0.236. The monoisotopic (exact) mass is 546 g/mol. The lowest BCUT2D eigenvalue weighted by molar-refractivity contribution is 0.0531. The summed E-state index contributed by atoms with van der Waals surface area (Å²) in [5, 5.41) is 7.39. The Morgan fingerprint density at radius 1 is 1.33 bits per heavy atom. The van der Waals surface area contributed by atoms with Crippen molar-refractivity contribution in [1.29, 1.82) is 0 Å². The highest BCUT2D eigenvalue weighted by Gasteiger charge is 2.20. The molecule has 0 saturated carbocycles. The molecule has 0 bridgehead atoms. The van der Waals surface area contributed by atoms with Crippen LogP contribution >= 0.6 is 35.3 Å². The Labute approximate surface area is 197 Å². The van der Waals surface area contributed by atoms with Crippen molar-refractivity contribution in [3.8, 4) is 11.5 Å². The number of aliphatic imine (C=N–C) groups is 1. The molecule has 8 nitrogen and oxygen atoms in total. The number of aromatic nitrogens is 1. The van der Waals surface area contributed by atoms with Gasteiger partial charge in [-0.2, -0.15) is 0 Å². The summed E-state index contributed by atoms with van der Waals surface area (Å²) in [5.41, 5.74) is 1.70. The fourth-order valence-corrected chi connectivity index (χ4v) is 3.75. The zero-order valence-electron chi connectivity index (χ0n) is 17.5. The lowest BCUT2D eigenvalue weighted by atomic mass is 10.2. The number of nitrogens with zero attached hydrogens (tertiary/aromatic N) is 2. The van der Waals surface area contributed by atoms with Crippen molar-refractivity contribution in [3.05, 3.63) is 39.3 Å². The minimum atomic E-state index is -0.329. The summed E-state index contributed by atoms with van der Waals surface area (Å²) in [6, 6.07) is 5.69. The molecule has 1 aromatic carbocycles. The number of rotatable bonds is 7. The van der Waals surface area contributed by atoms with E-state index >= 15 is 0 Å². The topological polar surface area (TPSA) is 94.1 Å². The first-order valence-electron chi connectivity index (χ1n) is 9.59. The Balaban J connectivity index is 0.00000320. The lowest BCUT2D eigenvalue weighted by Gasteiger charge is -2.16. The SMILES string of the molecule is CCNC(=NCc1ccc2c(c1)OCO2)NC(C)c1nc(C)c(C(=O)OCC)s1.I. The van der Waals surface area contributed by atoms with Gasteiger partial charge in [0.15, 0.2) is 17.5 Å². The number of hydrogen-bond donors (Lipinski definition) is 2. The lowest BCUT2D eigenvalue weighted by Crippen LogP contribution is -2.38. The van der Waals surface area contributed by atoms with E-state index in [1.807, 2.05) is 39.0 Å². The zero-order valence-corrected chi connectivity index (χ0v) is 20.6. The average molecular weight is 546 g/mol. The molecule has 0 amide bonds. The minimum absolute atomic E-state index is 0. The largest absolute Gasteiger partial charge is 0.462 e. The smallest absolute Gasteiger partial charge is 0.350 e. The molecule has 0 radical (unpaired) electrons. The van der Waals surface area contributed by atoms with Gasteiger partial charge in [-0.1, -0.05) is 6.07 Å². The van der Waals surface area contributed by atoms with Crippen molar-refractivity contribution in [1.82, 2.24) is 15.6 Å². The van der Waals surface area contributed by atoms with Gasteiger partial charge in [-0.3, -0.25) is 0 Å². The molecule has 30 heavy (non-hydrogen) atoms. The highest BCUT2D eigenvalue weighted by molar-refractivity contribution is 14.0. The Kier molecular flexibility index (Phi) is 9.15. The van der Waals surface area contributed by atoms with Crippen molar-refractivity contribution in [3.63, 3.8) is 0 Å². The molecule has 0 saturated heterocycles. The minimum Gasteiger partial charge on any atom is -0.462 e. The normalized spacial score (nSPS) is 13.4. The molecule has 0 aliphatic carbocycles. The fraction of sp³-hybridized carbons (Fsp3) is 0.450. The van der Waals surface area contributed by atoms with Crippen LogP contribution in [-0.2, 0) is 11.3 Å². The van der Waals surface area contributed by atoms with E-state index in [9.17, 15) is 4.79 Å². The number of carbonyl (C=O) groups is 1. The van der Waals surface area contributed by atoms with Gasteiger partial charge in [0.05, 0.1) is 24.9 Å². The van der Waals surface area contributed by atoms with Gasteiger partial charge < -0.3 is 24.8 Å². The van der Waals surface area contributed by atoms with Crippen molar-refractivity contribution < 1.29 is 19.0 Å². The maximum Gasteiger partial charge on any atom is 0.350 e. The molecule has 1 aliphatic rings. The van der Waals surface area contributed by atoms with Gasteiger partial charge in [0.1, 0.15) is 9.88 Å². The van der Waals surface area contributed by atoms with Crippen LogP contribution in [0.2, 0.25) is 0 Å². The first-order valence-corrected chi connectivity index (χ1v) is 10.4. The number of aryl methyl sites for hydroxylation is 1. The second-order valence-corrected chi connectivity index (χ2v) is 7.47. The molecule has 164 valence electrons. The third-order valence-electron chi connectivity index (χ3n) is 4.20. The molecule has 0 spiro atoms. The van der Waals surface area contributed by atoms with Crippen LogP contribution in [0.25, 0.3) is 0 Å². The first kappa shape index (κ1) is 24.2. The second-order valence-electron chi connectivity index (χ2n) is 6.44. The van der Waals surface area contributed by atoms with Crippen LogP contribution in [-0.4, -0.2) is 36.9 Å². The number of hydrogen-bond acceptors (Lipinski definition) is 7. The summed E-state index contributed by atoms with van der Waals surface area (Å²) in [7, 11) is 0. The molecule has 1 aromatic heterocycles. The molecule has 0 fully saturated rings. The van der Waals surface area contributed by atoms with E-state index < -0.39 is 0 Å². The van der Waals surface area contributed by atoms with Crippen molar-refractivity contribution in [2.75, 3.05) is 19.9 Å². The summed E-state index contributed by atoms with van der Waals surface area (Å²) in [6.45, 7) is 9.42. The van der Waals surface area contributed by atoms with E-state index in [-0.39, 0.29) is 42.8 Å². The van der Waals surface area contributed by atoms with Crippen LogP contribution in [0, 0.1) is 6.92 Å². The number of halogens is 1. The Morgan fingerprint density at radius 3 is 2.83 bits per heavy atom. The van der Waals surface area contributed by atoms with Crippen LogP contribution in [0.3, 0.4) is 0 Å². The number of carbonyl (C=O) groups excluding carboxylic acids is 1. The summed E-state index contributed by atoms with van der Waals surface area (Å²) >= 11 is 1.34. The average Bonchev–Trinajstić information content (AvgIpc) is 3.32. The Bertz CT molecular complexity index is 903. The molecule has 10 heteroatoms.